The molecule has 1 saturated heterocycles. The van der Waals surface area contributed by atoms with Crippen LogP contribution in [0.5, 0.6) is 0 Å². The Morgan fingerprint density at radius 1 is 1.38 bits per heavy atom. The first-order valence-corrected chi connectivity index (χ1v) is 9.65. The monoisotopic (exact) mass is 347 g/mol. The van der Waals surface area contributed by atoms with Gasteiger partial charge in [0.05, 0.1) is 29.9 Å². The van der Waals surface area contributed by atoms with Crippen LogP contribution in [0.4, 0.5) is 0 Å². The Labute approximate surface area is 141 Å². The minimum Gasteiger partial charge on any atom is -0.353 e. The van der Waals surface area contributed by atoms with Gasteiger partial charge in [0, 0.05) is 13.1 Å². The Bertz CT molecular complexity index is 814. The lowest BCUT2D eigenvalue weighted by Gasteiger charge is -2.15. The van der Waals surface area contributed by atoms with E-state index in [0.717, 1.165) is 17.1 Å². The van der Waals surface area contributed by atoms with Crippen molar-refractivity contribution in [2.45, 2.75) is 19.0 Å². The highest BCUT2D eigenvalue weighted by Crippen LogP contribution is 2.16. The van der Waals surface area contributed by atoms with Crippen LogP contribution in [-0.2, 0) is 16.4 Å². The summed E-state index contributed by atoms with van der Waals surface area (Å²) < 4.78 is 23.0. The van der Waals surface area contributed by atoms with Gasteiger partial charge in [-0.3, -0.25) is 4.99 Å². The molecular formula is C16H21N5O2S. The van der Waals surface area contributed by atoms with Crippen molar-refractivity contribution in [2.75, 3.05) is 18.6 Å². The summed E-state index contributed by atoms with van der Waals surface area (Å²) in [6.45, 7) is 0.478. The van der Waals surface area contributed by atoms with E-state index in [0.29, 0.717) is 18.9 Å². The third-order valence-electron chi connectivity index (χ3n) is 3.93. The van der Waals surface area contributed by atoms with E-state index in [-0.39, 0.29) is 17.5 Å². The highest BCUT2D eigenvalue weighted by Gasteiger charge is 2.28. The fourth-order valence-corrected chi connectivity index (χ4v) is 4.35. The lowest BCUT2D eigenvalue weighted by molar-refractivity contribution is 0.599. The smallest absolute Gasteiger partial charge is 0.191 e. The second-order valence-electron chi connectivity index (χ2n) is 5.78. The SMILES string of the molecule is CN=C(NCc1ncc(-c2ccccc2)[nH]1)NC1CCS(=O)(=O)C1. The number of imidazole rings is 1. The number of hydrogen-bond donors (Lipinski definition) is 3. The summed E-state index contributed by atoms with van der Waals surface area (Å²) in [6, 6.07) is 9.89. The number of rotatable bonds is 4. The average Bonchev–Trinajstić information content (AvgIpc) is 3.18. The fraction of sp³-hybridized carbons (Fsp3) is 0.375. The molecule has 3 N–H and O–H groups in total. The number of benzene rings is 1. The summed E-state index contributed by atoms with van der Waals surface area (Å²) in [5, 5.41) is 6.30. The van der Waals surface area contributed by atoms with Crippen molar-refractivity contribution in [3.05, 3.63) is 42.4 Å². The van der Waals surface area contributed by atoms with E-state index in [1.165, 1.54) is 0 Å². The molecule has 1 aromatic carbocycles. The van der Waals surface area contributed by atoms with Crippen LogP contribution in [0, 0.1) is 0 Å². The molecule has 1 aliphatic heterocycles. The van der Waals surface area contributed by atoms with Gasteiger partial charge in [0.1, 0.15) is 5.82 Å². The Morgan fingerprint density at radius 3 is 2.83 bits per heavy atom. The number of nitrogens with one attached hydrogen (secondary N) is 3. The Balaban J connectivity index is 1.56. The third kappa shape index (κ3) is 4.14. The van der Waals surface area contributed by atoms with Gasteiger partial charge in [0.25, 0.3) is 0 Å². The van der Waals surface area contributed by atoms with E-state index < -0.39 is 9.84 Å². The molecule has 0 bridgehead atoms. The predicted molar refractivity (Wildman–Crippen MR) is 94.4 cm³/mol. The molecule has 0 spiro atoms. The fourth-order valence-electron chi connectivity index (χ4n) is 2.68. The average molecular weight is 347 g/mol. The van der Waals surface area contributed by atoms with Gasteiger partial charge in [-0.2, -0.15) is 0 Å². The van der Waals surface area contributed by atoms with Gasteiger partial charge >= 0.3 is 0 Å². The molecule has 1 atom stereocenters. The molecule has 0 saturated carbocycles. The van der Waals surface area contributed by atoms with Crippen LogP contribution in [0.1, 0.15) is 12.2 Å². The third-order valence-corrected chi connectivity index (χ3v) is 5.70. The Hall–Kier alpha value is -2.35. The zero-order valence-electron chi connectivity index (χ0n) is 13.5. The molecule has 8 heteroatoms. The number of hydrogen-bond acceptors (Lipinski definition) is 4. The van der Waals surface area contributed by atoms with Crippen LogP contribution in [0.3, 0.4) is 0 Å². The van der Waals surface area contributed by atoms with Crippen LogP contribution in [0.25, 0.3) is 11.3 Å². The molecule has 0 amide bonds. The highest BCUT2D eigenvalue weighted by atomic mass is 32.2. The topological polar surface area (TPSA) is 99.2 Å². The van der Waals surface area contributed by atoms with Gasteiger partial charge in [0.15, 0.2) is 15.8 Å². The van der Waals surface area contributed by atoms with Gasteiger partial charge in [-0.05, 0) is 12.0 Å². The molecule has 2 heterocycles. The van der Waals surface area contributed by atoms with Crippen molar-refractivity contribution < 1.29 is 8.42 Å². The normalized spacial score (nSPS) is 20.0. The van der Waals surface area contributed by atoms with E-state index in [9.17, 15) is 8.42 Å². The number of H-pyrrole nitrogens is 1. The molecule has 0 aliphatic carbocycles. The Morgan fingerprint density at radius 2 is 2.17 bits per heavy atom. The van der Waals surface area contributed by atoms with Gasteiger partial charge in [0.2, 0.25) is 0 Å². The molecule has 128 valence electrons. The van der Waals surface area contributed by atoms with Crippen LogP contribution >= 0.6 is 0 Å². The lowest BCUT2D eigenvalue weighted by atomic mass is 10.2. The van der Waals surface area contributed by atoms with Crippen molar-refractivity contribution in [3.63, 3.8) is 0 Å². The van der Waals surface area contributed by atoms with Crippen LogP contribution in [0.15, 0.2) is 41.5 Å². The number of sulfone groups is 1. The molecule has 3 rings (SSSR count). The zero-order valence-corrected chi connectivity index (χ0v) is 14.3. The van der Waals surface area contributed by atoms with Gasteiger partial charge in [-0.15, -0.1) is 0 Å². The zero-order chi connectivity index (χ0) is 17.0. The van der Waals surface area contributed by atoms with E-state index in [1.807, 2.05) is 30.3 Å². The summed E-state index contributed by atoms with van der Waals surface area (Å²) in [6.07, 6.45) is 2.41. The molecule has 1 fully saturated rings. The lowest BCUT2D eigenvalue weighted by Crippen LogP contribution is -2.43. The first-order chi connectivity index (χ1) is 11.6. The number of nitrogens with zero attached hydrogens (tertiary/aromatic N) is 2. The quantitative estimate of drug-likeness (QED) is 0.564. The molecule has 2 aromatic rings. The molecule has 24 heavy (non-hydrogen) atoms. The van der Waals surface area contributed by atoms with E-state index in [1.54, 1.807) is 13.2 Å². The largest absolute Gasteiger partial charge is 0.353 e. The number of aromatic nitrogens is 2. The summed E-state index contributed by atoms with van der Waals surface area (Å²) in [4.78, 5) is 11.8. The van der Waals surface area contributed by atoms with E-state index >= 15 is 0 Å². The minimum atomic E-state index is -2.91. The van der Waals surface area contributed by atoms with Crippen LogP contribution in [0.2, 0.25) is 0 Å². The van der Waals surface area contributed by atoms with Crippen molar-refractivity contribution >= 4 is 15.8 Å². The van der Waals surface area contributed by atoms with Crippen LogP contribution < -0.4 is 10.6 Å². The summed E-state index contributed by atoms with van der Waals surface area (Å²) >= 11 is 0. The van der Waals surface area contributed by atoms with Gasteiger partial charge < -0.3 is 15.6 Å². The molecule has 1 unspecified atom stereocenters. The maximum atomic E-state index is 11.5. The second-order valence-corrected chi connectivity index (χ2v) is 8.01. The molecular weight excluding hydrogens is 326 g/mol. The second kappa shape index (κ2) is 7.04. The molecule has 0 radical (unpaired) electrons. The summed E-state index contributed by atoms with van der Waals surface area (Å²) in [5.41, 5.74) is 2.03. The van der Waals surface area contributed by atoms with Crippen molar-refractivity contribution in [1.29, 1.82) is 0 Å². The highest BCUT2D eigenvalue weighted by molar-refractivity contribution is 7.91. The van der Waals surface area contributed by atoms with Crippen molar-refractivity contribution in [3.8, 4) is 11.3 Å². The number of aliphatic imine (C=N–C) groups is 1. The number of aromatic amines is 1. The van der Waals surface area contributed by atoms with E-state index in [4.69, 9.17) is 0 Å². The minimum absolute atomic E-state index is 0.0855. The summed E-state index contributed by atoms with van der Waals surface area (Å²) in [7, 11) is -1.24. The molecule has 1 aromatic heterocycles. The van der Waals surface area contributed by atoms with Crippen LogP contribution in [-0.4, -0.2) is 48.9 Å². The van der Waals surface area contributed by atoms with Crippen molar-refractivity contribution in [2.24, 2.45) is 4.99 Å². The maximum absolute atomic E-state index is 11.5. The predicted octanol–water partition coefficient (Wildman–Crippen LogP) is 0.929. The Kier molecular flexibility index (Phi) is 4.84. The summed E-state index contributed by atoms with van der Waals surface area (Å²) in [5.74, 6) is 1.76. The first kappa shape index (κ1) is 16.5. The van der Waals surface area contributed by atoms with Crippen molar-refractivity contribution in [1.82, 2.24) is 20.6 Å². The number of guanidine groups is 1. The van der Waals surface area contributed by atoms with E-state index in [2.05, 4.69) is 25.6 Å². The molecule has 1 aliphatic rings. The maximum Gasteiger partial charge on any atom is 0.191 e. The first-order valence-electron chi connectivity index (χ1n) is 7.82. The van der Waals surface area contributed by atoms with Gasteiger partial charge in [-0.25, -0.2) is 13.4 Å². The standard InChI is InChI=1S/C16H21N5O2S/c1-17-16(20-13-7-8-24(22,23)11-13)19-10-15-18-9-14(21-15)12-5-3-2-4-6-12/h2-6,9,13H,7-8,10-11H2,1H3,(H,18,21)(H2,17,19,20). The van der Waals surface area contributed by atoms with Gasteiger partial charge in [-0.1, -0.05) is 30.3 Å². The molecule has 7 nitrogen and oxygen atoms in total.